The van der Waals surface area contributed by atoms with Crippen LogP contribution in [-0.4, -0.2) is 24.1 Å². The Kier molecular flexibility index (Phi) is 9.50. The number of hydrogen-bond donors (Lipinski definition) is 0. The zero-order valence-corrected chi connectivity index (χ0v) is 40.1. The third-order valence-electron chi connectivity index (χ3n) is 15.0. The second-order valence-electron chi connectivity index (χ2n) is 19.1. The van der Waals surface area contributed by atoms with Gasteiger partial charge in [-0.3, -0.25) is 4.57 Å². The van der Waals surface area contributed by atoms with Gasteiger partial charge in [0.25, 0.3) is 0 Å². The summed E-state index contributed by atoms with van der Waals surface area (Å²) >= 11 is 0. The van der Waals surface area contributed by atoms with Gasteiger partial charge in [-0.25, -0.2) is 4.98 Å². The number of nitrogens with zero attached hydrogens (tertiary/aromatic N) is 5. The lowest BCUT2D eigenvalue weighted by Gasteiger charge is -2.14. The van der Waals surface area contributed by atoms with Crippen LogP contribution in [0.5, 0.6) is 0 Å². The van der Waals surface area contributed by atoms with Crippen LogP contribution < -0.4 is 0 Å². The first kappa shape index (κ1) is 41.8. The molecule has 0 atom stereocenters. The van der Waals surface area contributed by atoms with Crippen LogP contribution in [0.2, 0.25) is 0 Å². The number of hydrogen-bond acceptors (Lipinski definition) is 3. The Morgan fingerprint density at radius 3 is 1.14 bits per heavy atom. The molecule has 0 amide bonds. The average molecular weight is 942 g/mol. The zero-order chi connectivity index (χ0) is 48.7. The van der Waals surface area contributed by atoms with Crippen molar-refractivity contribution in [2.24, 2.45) is 0 Å². The molecule has 0 aliphatic heterocycles. The smallest absolute Gasteiger partial charge is 0.238 e. The van der Waals surface area contributed by atoms with Gasteiger partial charge in [-0.2, -0.15) is 9.97 Å². The minimum atomic E-state index is 0.565. The van der Waals surface area contributed by atoms with E-state index in [2.05, 4.69) is 234 Å². The van der Waals surface area contributed by atoms with E-state index in [-0.39, 0.29) is 0 Å². The lowest BCUT2D eigenvalue weighted by molar-refractivity contribution is 0.953. The fourth-order valence-electron chi connectivity index (χ4n) is 11.5. The maximum Gasteiger partial charge on any atom is 0.238 e. The van der Waals surface area contributed by atoms with Gasteiger partial charge in [-0.05, 0) is 102 Å². The molecule has 0 saturated carbocycles. The van der Waals surface area contributed by atoms with E-state index in [0.29, 0.717) is 17.6 Å². The van der Waals surface area contributed by atoms with Crippen molar-refractivity contribution in [3.8, 4) is 67.8 Å². The summed E-state index contributed by atoms with van der Waals surface area (Å²) < 4.78 is 4.67. The fraction of sp³-hybridized carbons (Fsp3) is 0. The van der Waals surface area contributed by atoms with Crippen molar-refractivity contribution in [3.05, 3.63) is 261 Å². The molecule has 5 nitrogen and oxygen atoms in total. The van der Waals surface area contributed by atoms with E-state index in [0.717, 1.165) is 66.2 Å². The Hall–Kier alpha value is -9.97. The number of rotatable bonds is 7. The molecule has 0 saturated heterocycles. The fourth-order valence-corrected chi connectivity index (χ4v) is 11.5. The Morgan fingerprint density at radius 2 is 0.581 bits per heavy atom. The lowest BCUT2D eigenvalue weighted by Crippen LogP contribution is -2.07. The molecule has 5 heteroatoms. The van der Waals surface area contributed by atoms with E-state index >= 15 is 0 Å². The van der Waals surface area contributed by atoms with E-state index in [1.807, 2.05) is 36.4 Å². The molecule has 3 heterocycles. The van der Waals surface area contributed by atoms with Crippen LogP contribution in [0.3, 0.4) is 0 Å². The van der Waals surface area contributed by atoms with Crippen molar-refractivity contribution in [2.75, 3.05) is 0 Å². The molecule has 0 radical (unpaired) electrons. The van der Waals surface area contributed by atoms with Gasteiger partial charge in [0.05, 0.1) is 22.1 Å². The van der Waals surface area contributed by atoms with Crippen LogP contribution in [0.1, 0.15) is 0 Å². The van der Waals surface area contributed by atoms with E-state index in [4.69, 9.17) is 15.0 Å². The predicted molar refractivity (Wildman–Crippen MR) is 308 cm³/mol. The van der Waals surface area contributed by atoms with Crippen LogP contribution in [0.4, 0.5) is 0 Å². The number of benzene rings is 12. The first-order valence-corrected chi connectivity index (χ1v) is 25.2. The van der Waals surface area contributed by atoms with Crippen LogP contribution in [0.25, 0.3) is 144 Å². The Morgan fingerprint density at radius 1 is 0.216 bits per heavy atom. The summed E-state index contributed by atoms with van der Waals surface area (Å²) in [5.41, 5.74) is 14.3. The second-order valence-corrected chi connectivity index (χ2v) is 19.1. The van der Waals surface area contributed by atoms with Crippen LogP contribution in [0.15, 0.2) is 261 Å². The second kappa shape index (κ2) is 16.8. The number of fused-ring (bicyclic) bond motifs is 13. The number of aromatic nitrogens is 5. The lowest BCUT2D eigenvalue weighted by atomic mass is 9.91. The summed E-state index contributed by atoms with van der Waals surface area (Å²) in [4.78, 5) is 15.6. The summed E-state index contributed by atoms with van der Waals surface area (Å²) in [6, 6.07) is 93.6. The third-order valence-corrected chi connectivity index (χ3v) is 15.0. The first-order chi connectivity index (χ1) is 36.7. The molecule has 0 aliphatic carbocycles. The van der Waals surface area contributed by atoms with Crippen LogP contribution in [0, 0.1) is 0 Å². The molecular weight excluding hydrogens is 899 g/mol. The largest absolute Gasteiger partial charge is 0.307 e. The standard InChI is InChI=1S/C69H43N5/c1-3-16-47(17-4-1)67-70-68(48-18-5-2-6-19-48)72-69(71-67)74-64-29-14-12-27-59(64)61-41-40-60-58-26-11-13-28-63(58)73(65(60)66(61)74)52-37-34-45(35-38-52)44-30-32-46(33-31-44)49-20-15-21-50(42-49)51-36-39-57-55-24-8-7-22-53(55)54-23-9-10-25-56(54)62(57)43-51/h1-43H. The molecular formula is C69H43N5. The van der Waals surface area contributed by atoms with Gasteiger partial charge in [0.15, 0.2) is 11.6 Å². The molecule has 0 spiro atoms. The van der Waals surface area contributed by atoms with Crippen LogP contribution >= 0.6 is 0 Å². The zero-order valence-electron chi connectivity index (χ0n) is 40.1. The highest BCUT2D eigenvalue weighted by Gasteiger charge is 2.24. The topological polar surface area (TPSA) is 48.5 Å². The van der Waals surface area contributed by atoms with Crippen molar-refractivity contribution in [1.82, 2.24) is 24.1 Å². The minimum Gasteiger partial charge on any atom is -0.307 e. The maximum atomic E-state index is 5.28. The first-order valence-electron chi connectivity index (χ1n) is 25.2. The summed E-state index contributed by atoms with van der Waals surface area (Å²) in [6.07, 6.45) is 0. The number of para-hydroxylation sites is 2. The minimum absolute atomic E-state index is 0.565. The molecule has 3 aromatic heterocycles. The molecule has 0 fully saturated rings. The molecule has 12 aromatic carbocycles. The molecule has 344 valence electrons. The summed E-state index contributed by atoms with van der Waals surface area (Å²) in [5, 5.41) is 12.3. The van der Waals surface area contributed by atoms with Crippen LogP contribution in [-0.2, 0) is 0 Å². The van der Waals surface area contributed by atoms with Gasteiger partial charge in [-0.1, -0.05) is 224 Å². The van der Waals surface area contributed by atoms with Gasteiger partial charge in [0.2, 0.25) is 5.95 Å². The van der Waals surface area contributed by atoms with Crippen molar-refractivity contribution < 1.29 is 0 Å². The third kappa shape index (κ3) is 6.68. The van der Waals surface area contributed by atoms with Crippen molar-refractivity contribution in [2.45, 2.75) is 0 Å². The van der Waals surface area contributed by atoms with Crippen molar-refractivity contribution >= 4 is 75.9 Å². The highest BCUT2D eigenvalue weighted by atomic mass is 15.2. The summed E-state index contributed by atoms with van der Waals surface area (Å²) in [5.74, 6) is 1.80. The van der Waals surface area contributed by atoms with Crippen molar-refractivity contribution in [1.29, 1.82) is 0 Å². The molecule has 15 aromatic rings. The average Bonchev–Trinajstić information content (AvgIpc) is 4.06. The Balaban J connectivity index is 0.825. The summed E-state index contributed by atoms with van der Waals surface area (Å²) in [6.45, 7) is 0. The van der Waals surface area contributed by atoms with Crippen molar-refractivity contribution in [3.63, 3.8) is 0 Å². The Bertz CT molecular complexity index is 4590. The van der Waals surface area contributed by atoms with Gasteiger partial charge in [0.1, 0.15) is 0 Å². The van der Waals surface area contributed by atoms with E-state index < -0.39 is 0 Å². The van der Waals surface area contributed by atoms with Gasteiger partial charge in [0, 0.05) is 38.4 Å². The van der Waals surface area contributed by atoms with Gasteiger partial charge < -0.3 is 4.57 Å². The maximum absolute atomic E-state index is 5.28. The predicted octanol–water partition coefficient (Wildman–Crippen LogP) is 17.9. The van der Waals surface area contributed by atoms with E-state index in [1.165, 1.54) is 60.0 Å². The molecule has 0 N–H and O–H groups in total. The SMILES string of the molecule is c1ccc(-c2nc(-c3ccccc3)nc(-n3c4ccccc4c4ccc5c6ccccc6n(-c6ccc(-c7ccc(-c8cccc(-c9ccc%10c%11ccccc%11c%11ccccc%11c%10c9)c8)cc7)cc6)c5c43)n2)cc1. The quantitative estimate of drug-likeness (QED) is 0.150. The monoisotopic (exact) mass is 941 g/mol. The highest BCUT2D eigenvalue weighted by Crippen LogP contribution is 2.43. The molecule has 74 heavy (non-hydrogen) atoms. The molecule has 15 rings (SSSR count). The van der Waals surface area contributed by atoms with Gasteiger partial charge in [-0.15, -0.1) is 0 Å². The molecule has 0 bridgehead atoms. The molecule has 0 unspecified atom stereocenters. The molecule has 0 aliphatic rings. The Labute approximate surface area is 426 Å². The normalized spacial score (nSPS) is 11.8. The summed E-state index contributed by atoms with van der Waals surface area (Å²) in [7, 11) is 0. The van der Waals surface area contributed by atoms with E-state index in [1.54, 1.807) is 0 Å². The van der Waals surface area contributed by atoms with Gasteiger partial charge >= 0.3 is 0 Å². The highest BCUT2D eigenvalue weighted by molar-refractivity contribution is 6.26. The van der Waals surface area contributed by atoms with E-state index in [9.17, 15) is 0 Å².